The topological polar surface area (TPSA) is 68.3 Å². The van der Waals surface area contributed by atoms with Crippen molar-refractivity contribution >= 4 is 16.6 Å². The van der Waals surface area contributed by atoms with Gasteiger partial charge in [0, 0.05) is 42.7 Å². The molecule has 0 saturated carbocycles. The number of benzene rings is 2. The predicted molar refractivity (Wildman–Crippen MR) is 98.7 cm³/mol. The predicted octanol–water partition coefficient (Wildman–Crippen LogP) is 4.04. The molecule has 132 valence electrons. The van der Waals surface area contributed by atoms with Gasteiger partial charge >= 0.3 is 0 Å². The van der Waals surface area contributed by atoms with E-state index in [9.17, 15) is 10.1 Å². The average Bonchev–Trinajstić information content (AvgIpc) is 3.45. The van der Waals surface area contributed by atoms with Crippen molar-refractivity contribution in [2.24, 2.45) is 0 Å². The van der Waals surface area contributed by atoms with E-state index in [1.807, 2.05) is 48.4 Å². The van der Waals surface area contributed by atoms with Crippen LogP contribution in [0.1, 0.15) is 29.7 Å². The van der Waals surface area contributed by atoms with Crippen LogP contribution in [0.5, 0.6) is 0 Å². The molecule has 1 atom stereocenters. The highest BCUT2D eigenvalue weighted by atomic mass is 16.7. The van der Waals surface area contributed by atoms with Crippen LogP contribution in [0.25, 0.3) is 10.9 Å². The van der Waals surface area contributed by atoms with Crippen LogP contribution in [0, 0.1) is 10.1 Å². The van der Waals surface area contributed by atoms with Gasteiger partial charge in [-0.1, -0.05) is 18.2 Å². The summed E-state index contributed by atoms with van der Waals surface area (Å²) in [4.78, 5) is 21.3. The van der Waals surface area contributed by atoms with Crippen LogP contribution >= 0.6 is 0 Å². The number of para-hydroxylation sites is 1. The average molecular weight is 349 g/mol. The Morgan fingerprint density at radius 3 is 2.81 bits per heavy atom. The van der Waals surface area contributed by atoms with Crippen LogP contribution in [0.3, 0.4) is 0 Å². The molecular weight excluding hydrogens is 330 g/mol. The smallest absolute Gasteiger partial charge is 0.272 e. The number of aromatic nitrogens is 1. The summed E-state index contributed by atoms with van der Waals surface area (Å²) in [5.74, 6) is 0. The molecule has 1 aromatic heterocycles. The van der Waals surface area contributed by atoms with Gasteiger partial charge in [-0.05, 0) is 42.3 Å². The molecule has 0 N–H and O–H groups in total. The number of nitro groups is 1. The minimum atomic E-state index is -0.330. The second-order valence-corrected chi connectivity index (χ2v) is 6.53. The van der Waals surface area contributed by atoms with Crippen molar-refractivity contribution in [3.63, 3.8) is 0 Å². The minimum absolute atomic E-state index is 0.126. The summed E-state index contributed by atoms with van der Waals surface area (Å²) in [6, 6.07) is 15.1. The molecule has 1 unspecified atom stereocenters. The summed E-state index contributed by atoms with van der Waals surface area (Å²) >= 11 is 0. The largest absolute Gasteiger partial charge is 0.291 e. The molecule has 6 heteroatoms. The van der Waals surface area contributed by atoms with Crippen molar-refractivity contribution in [3.8, 4) is 0 Å². The molecule has 2 heterocycles. The summed E-state index contributed by atoms with van der Waals surface area (Å²) in [5.41, 5.74) is 3.60. The van der Waals surface area contributed by atoms with Gasteiger partial charge in [-0.25, -0.2) is 0 Å². The second kappa shape index (κ2) is 6.82. The van der Waals surface area contributed by atoms with Gasteiger partial charge in [0.2, 0.25) is 0 Å². The molecule has 0 radical (unpaired) electrons. The molecule has 1 aliphatic rings. The zero-order chi connectivity index (χ0) is 18.1. The summed E-state index contributed by atoms with van der Waals surface area (Å²) in [6.45, 7) is 3.83. The Bertz CT molecular complexity index is 969. The number of hydroxylamine groups is 2. The number of hydrogen-bond donors (Lipinski definition) is 0. The maximum absolute atomic E-state index is 11.4. The third-order valence-corrected chi connectivity index (χ3v) is 4.52. The lowest BCUT2D eigenvalue weighted by Crippen LogP contribution is -2.07. The van der Waals surface area contributed by atoms with Crippen molar-refractivity contribution in [2.45, 2.75) is 19.4 Å². The van der Waals surface area contributed by atoms with Crippen LogP contribution in [0.15, 0.2) is 54.7 Å². The highest BCUT2D eigenvalue weighted by molar-refractivity contribution is 5.78. The van der Waals surface area contributed by atoms with E-state index in [0.717, 1.165) is 35.1 Å². The van der Waals surface area contributed by atoms with Gasteiger partial charge in [-0.2, -0.15) is 5.06 Å². The first-order valence-corrected chi connectivity index (χ1v) is 8.63. The van der Waals surface area contributed by atoms with E-state index in [0.29, 0.717) is 12.0 Å². The maximum Gasteiger partial charge on any atom is 0.272 e. The Labute approximate surface area is 151 Å². The normalized spacial score (nSPS) is 15.1. The summed E-state index contributed by atoms with van der Waals surface area (Å²) < 4.78 is 0. The van der Waals surface area contributed by atoms with Gasteiger partial charge in [0.05, 0.1) is 10.4 Å². The third-order valence-electron chi connectivity index (χ3n) is 4.52. The number of pyridine rings is 1. The quantitative estimate of drug-likeness (QED) is 0.382. The van der Waals surface area contributed by atoms with Crippen molar-refractivity contribution < 1.29 is 9.76 Å². The first-order valence-electron chi connectivity index (χ1n) is 8.63. The van der Waals surface area contributed by atoms with Gasteiger partial charge < -0.3 is 0 Å². The van der Waals surface area contributed by atoms with Crippen molar-refractivity contribution in [2.75, 3.05) is 13.1 Å². The van der Waals surface area contributed by atoms with E-state index in [-0.39, 0.29) is 16.7 Å². The van der Waals surface area contributed by atoms with Gasteiger partial charge in [-0.15, -0.1) is 0 Å². The van der Waals surface area contributed by atoms with Gasteiger partial charge in [0.1, 0.15) is 6.10 Å². The number of nitro benzene ring substituents is 1. The van der Waals surface area contributed by atoms with Crippen molar-refractivity contribution in [1.29, 1.82) is 0 Å². The monoisotopic (exact) mass is 349 g/mol. The standard InChI is InChI=1S/C20H19N3O3/c1-14(26-22-8-9-22)16-6-7-20(23(24)25)18(12-16)11-15-10-17-4-2-3-5-19(17)21-13-15/h2-7,10,12-14H,8-9,11H2,1H3. The van der Waals surface area contributed by atoms with Crippen LogP contribution in [-0.4, -0.2) is 28.1 Å². The summed E-state index contributed by atoms with van der Waals surface area (Å²) in [6.07, 6.45) is 2.11. The maximum atomic E-state index is 11.4. The van der Waals surface area contributed by atoms with Gasteiger partial charge in [0.25, 0.3) is 5.69 Å². The molecule has 4 rings (SSSR count). The van der Waals surface area contributed by atoms with Crippen LogP contribution in [-0.2, 0) is 11.3 Å². The van der Waals surface area contributed by atoms with E-state index in [2.05, 4.69) is 4.98 Å². The molecule has 0 spiro atoms. The summed E-state index contributed by atoms with van der Waals surface area (Å²) in [7, 11) is 0. The Hall–Kier alpha value is -2.83. The fraction of sp³-hybridized carbons (Fsp3) is 0.250. The summed E-state index contributed by atoms with van der Waals surface area (Å²) in [5, 5.41) is 14.3. The first kappa shape index (κ1) is 16.6. The van der Waals surface area contributed by atoms with Gasteiger partial charge in [0.15, 0.2) is 0 Å². The van der Waals surface area contributed by atoms with E-state index in [4.69, 9.17) is 4.84 Å². The fourth-order valence-electron chi connectivity index (χ4n) is 3.04. The highest BCUT2D eigenvalue weighted by Gasteiger charge is 2.23. The molecule has 1 aliphatic heterocycles. The first-order chi connectivity index (χ1) is 12.6. The number of nitrogens with zero attached hydrogens (tertiary/aromatic N) is 3. The van der Waals surface area contributed by atoms with E-state index in [1.54, 1.807) is 18.3 Å². The second-order valence-electron chi connectivity index (χ2n) is 6.53. The molecule has 0 aliphatic carbocycles. The molecule has 2 aromatic carbocycles. The van der Waals surface area contributed by atoms with Crippen molar-refractivity contribution in [3.05, 3.63) is 81.5 Å². The minimum Gasteiger partial charge on any atom is -0.291 e. The van der Waals surface area contributed by atoms with Crippen LogP contribution < -0.4 is 0 Å². The van der Waals surface area contributed by atoms with Gasteiger partial charge in [-0.3, -0.25) is 19.9 Å². The zero-order valence-electron chi connectivity index (χ0n) is 14.5. The molecular formula is C20H19N3O3. The van der Waals surface area contributed by atoms with E-state index in [1.165, 1.54) is 0 Å². The lowest BCUT2D eigenvalue weighted by Gasteiger charge is -2.14. The molecule has 0 bridgehead atoms. The molecule has 1 saturated heterocycles. The highest BCUT2D eigenvalue weighted by Crippen LogP contribution is 2.29. The number of rotatable bonds is 6. The Balaban J connectivity index is 1.66. The third kappa shape index (κ3) is 3.56. The van der Waals surface area contributed by atoms with E-state index >= 15 is 0 Å². The molecule has 0 amide bonds. The number of hydrogen-bond acceptors (Lipinski definition) is 5. The lowest BCUT2D eigenvalue weighted by molar-refractivity contribution is -0.385. The molecule has 1 fully saturated rings. The van der Waals surface area contributed by atoms with Crippen LogP contribution in [0.4, 0.5) is 5.69 Å². The van der Waals surface area contributed by atoms with Crippen molar-refractivity contribution in [1.82, 2.24) is 10.0 Å². The van der Waals surface area contributed by atoms with Crippen LogP contribution in [0.2, 0.25) is 0 Å². The van der Waals surface area contributed by atoms with E-state index < -0.39 is 0 Å². The molecule has 3 aromatic rings. The Kier molecular flexibility index (Phi) is 4.36. The lowest BCUT2D eigenvalue weighted by atomic mass is 9.99. The SMILES string of the molecule is CC(ON1CC1)c1ccc([N+](=O)[O-])c(Cc2cnc3ccccc3c2)c1. The zero-order valence-corrected chi connectivity index (χ0v) is 14.5. The molecule has 6 nitrogen and oxygen atoms in total. The molecule has 26 heavy (non-hydrogen) atoms. The fourth-order valence-corrected chi connectivity index (χ4v) is 3.04. The number of fused-ring (bicyclic) bond motifs is 1. The Morgan fingerprint density at radius 1 is 1.23 bits per heavy atom. The Morgan fingerprint density at radius 2 is 2.04 bits per heavy atom.